The third-order valence-corrected chi connectivity index (χ3v) is 3.09. The predicted molar refractivity (Wildman–Crippen MR) is 70.9 cm³/mol. The Labute approximate surface area is 109 Å². The van der Waals surface area contributed by atoms with Crippen LogP contribution < -0.4 is 5.73 Å². The van der Waals surface area contributed by atoms with Gasteiger partial charge in [0.1, 0.15) is 5.52 Å². The van der Waals surface area contributed by atoms with Crippen LogP contribution in [0.5, 0.6) is 0 Å². The summed E-state index contributed by atoms with van der Waals surface area (Å²) in [6.07, 6.45) is 4.51. The van der Waals surface area contributed by atoms with Crippen LogP contribution in [-0.2, 0) is 13.1 Å². The number of aromatic nitrogens is 4. The molecule has 0 amide bonds. The highest BCUT2D eigenvalue weighted by atomic mass is 19.1. The third kappa shape index (κ3) is 2.16. The molecule has 0 spiro atoms. The number of hydrogen-bond donors (Lipinski definition) is 1. The largest absolute Gasteiger partial charge is 0.369 e. The molecule has 0 saturated heterocycles. The number of anilines is 1. The average Bonchev–Trinajstić information content (AvgIpc) is 3.00. The number of hydrogen-bond acceptors (Lipinski definition) is 3. The number of aryl methyl sites for hydroxylation is 2. The summed E-state index contributed by atoms with van der Waals surface area (Å²) in [5.74, 6) is 0.00981. The van der Waals surface area contributed by atoms with Crippen molar-refractivity contribution in [2.45, 2.75) is 19.5 Å². The summed E-state index contributed by atoms with van der Waals surface area (Å²) < 4.78 is 17.3. The lowest BCUT2D eigenvalue weighted by atomic mass is 10.3. The molecule has 0 aliphatic carbocycles. The van der Waals surface area contributed by atoms with E-state index in [1.807, 2.05) is 27.6 Å². The Balaban J connectivity index is 1.81. The molecule has 0 atom stereocenters. The van der Waals surface area contributed by atoms with Crippen LogP contribution in [0.3, 0.4) is 0 Å². The molecule has 0 aliphatic rings. The summed E-state index contributed by atoms with van der Waals surface area (Å²) in [6, 6.07) is 6.78. The Kier molecular flexibility index (Phi) is 2.91. The van der Waals surface area contributed by atoms with E-state index in [1.54, 1.807) is 12.3 Å². The first-order valence-electron chi connectivity index (χ1n) is 6.13. The number of halogens is 1. The highest BCUT2D eigenvalue weighted by molar-refractivity contribution is 5.78. The maximum atomic E-state index is 13.6. The van der Waals surface area contributed by atoms with E-state index in [0.29, 0.717) is 18.0 Å². The van der Waals surface area contributed by atoms with Crippen LogP contribution in [0.1, 0.15) is 6.42 Å². The van der Waals surface area contributed by atoms with Crippen LogP contribution >= 0.6 is 0 Å². The fourth-order valence-corrected chi connectivity index (χ4v) is 2.19. The number of nitrogens with two attached hydrogens (primary N) is 1. The molecule has 0 aliphatic heterocycles. The quantitative estimate of drug-likeness (QED) is 0.780. The van der Waals surface area contributed by atoms with Crippen molar-refractivity contribution in [1.82, 2.24) is 19.3 Å². The van der Waals surface area contributed by atoms with Gasteiger partial charge in [0.15, 0.2) is 5.82 Å². The Morgan fingerprint density at radius 1 is 1.21 bits per heavy atom. The fraction of sp³-hybridized carbons (Fsp3) is 0.231. The summed E-state index contributed by atoms with van der Waals surface area (Å²) in [5.41, 5.74) is 6.91. The van der Waals surface area contributed by atoms with Crippen molar-refractivity contribution in [2.24, 2.45) is 0 Å². The van der Waals surface area contributed by atoms with Gasteiger partial charge in [-0.15, -0.1) is 0 Å². The van der Waals surface area contributed by atoms with Gasteiger partial charge in [-0.25, -0.2) is 9.37 Å². The lowest BCUT2D eigenvalue weighted by Gasteiger charge is -2.06. The van der Waals surface area contributed by atoms with Gasteiger partial charge in [0.25, 0.3) is 0 Å². The number of benzene rings is 1. The van der Waals surface area contributed by atoms with Crippen LogP contribution in [0.4, 0.5) is 10.3 Å². The van der Waals surface area contributed by atoms with Gasteiger partial charge < -0.3 is 10.3 Å². The Bertz CT molecular complexity index is 686. The smallest absolute Gasteiger partial charge is 0.201 e. The molecule has 3 rings (SSSR count). The first-order valence-corrected chi connectivity index (χ1v) is 6.13. The Morgan fingerprint density at radius 3 is 2.89 bits per heavy atom. The molecule has 6 heteroatoms. The van der Waals surface area contributed by atoms with Gasteiger partial charge in [-0.3, -0.25) is 4.68 Å². The summed E-state index contributed by atoms with van der Waals surface area (Å²) in [4.78, 5) is 4.07. The molecule has 2 N–H and O–H groups in total. The van der Waals surface area contributed by atoms with Gasteiger partial charge in [-0.2, -0.15) is 5.10 Å². The second kappa shape index (κ2) is 4.72. The van der Waals surface area contributed by atoms with Crippen molar-refractivity contribution in [1.29, 1.82) is 0 Å². The minimum Gasteiger partial charge on any atom is -0.369 e. The van der Waals surface area contributed by atoms with Crippen LogP contribution in [0.25, 0.3) is 11.0 Å². The van der Waals surface area contributed by atoms with E-state index in [0.717, 1.165) is 18.5 Å². The molecule has 3 aromatic rings. The monoisotopic (exact) mass is 259 g/mol. The summed E-state index contributed by atoms with van der Waals surface area (Å²) in [5, 5.41) is 4.13. The zero-order valence-corrected chi connectivity index (χ0v) is 10.3. The van der Waals surface area contributed by atoms with Crippen LogP contribution in [0.2, 0.25) is 0 Å². The predicted octanol–water partition coefficient (Wildman–Crippen LogP) is 2.04. The molecule has 0 fully saturated rings. The van der Waals surface area contributed by atoms with Crippen LogP contribution in [0.15, 0.2) is 36.7 Å². The normalized spacial score (nSPS) is 11.2. The maximum absolute atomic E-state index is 13.6. The molecule has 0 saturated carbocycles. The van der Waals surface area contributed by atoms with Gasteiger partial charge in [0.2, 0.25) is 5.95 Å². The van der Waals surface area contributed by atoms with Crippen molar-refractivity contribution in [3.8, 4) is 0 Å². The number of nitrogen functional groups attached to an aromatic ring is 1. The lowest BCUT2D eigenvalue weighted by molar-refractivity contribution is 0.535. The Morgan fingerprint density at radius 2 is 2.11 bits per heavy atom. The number of nitrogens with zero attached hydrogens (tertiary/aromatic N) is 4. The highest BCUT2D eigenvalue weighted by Crippen LogP contribution is 2.20. The van der Waals surface area contributed by atoms with E-state index in [4.69, 9.17) is 5.73 Å². The molecule has 2 heterocycles. The summed E-state index contributed by atoms with van der Waals surface area (Å²) in [7, 11) is 0. The van der Waals surface area contributed by atoms with Gasteiger partial charge >= 0.3 is 0 Å². The van der Waals surface area contributed by atoms with Gasteiger partial charge in [-0.05, 0) is 24.6 Å². The number of rotatable bonds is 4. The molecule has 1 aromatic carbocycles. The lowest BCUT2D eigenvalue weighted by Crippen LogP contribution is -2.07. The second-order valence-electron chi connectivity index (χ2n) is 4.35. The van der Waals surface area contributed by atoms with E-state index < -0.39 is 0 Å². The molecule has 2 aromatic heterocycles. The van der Waals surface area contributed by atoms with Crippen molar-refractivity contribution in [3.05, 3.63) is 42.5 Å². The van der Waals surface area contributed by atoms with Gasteiger partial charge in [-0.1, -0.05) is 6.07 Å². The molecular formula is C13H14FN5. The van der Waals surface area contributed by atoms with Gasteiger partial charge in [0.05, 0.1) is 5.52 Å². The molecule has 98 valence electrons. The van der Waals surface area contributed by atoms with E-state index >= 15 is 0 Å². The zero-order valence-electron chi connectivity index (χ0n) is 10.3. The second-order valence-corrected chi connectivity index (χ2v) is 4.35. The zero-order chi connectivity index (χ0) is 13.2. The molecule has 19 heavy (non-hydrogen) atoms. The van der Waals surface area contributed by atoms with E-state index in [-0.39, 0.29) is 5.82 Å². The fourth-order valence-electron chi connectivity index (χ4n) is 2.19. The number of para-hydroxylation sites is 1. The van der Waals surface area contributed by atoms with Crippen molar-refractivity contribution < 1.29 is 4.39 Å². The van der Waals surface area contributed by atoms with E-state index in [2.05, 4.69) is 10.1 Å². The third-order valence-electron chi connectivity index (χ3n) is 3.09. The van der Waals surface area contributed by atoms with Gasteiger partial charge in [0, 0.05) is 25.5 Å². The van der Waals surface area contributed by atoms with E-state index in [9.17, 15) is 4.39 Å². The van der Waals surface area contributed by atoms with E-state index in [1.165, 1.54) is 6.07 Å². The molecular weight excluding hydrogens is 245 g/mol. The van der Waals surface area contributed by atoms with Crippen LogP contribution in [-0.4, -0.2) is 19.3 Å². The maximum Gasteiger partial charge on any atom is 0.201 e. The molecule has 0 radical (unpaired) electrons. The first-order chi connectivity index (χ1) is 9.25. The standard InChI is InChI=1S/C13H14FN5/c14-10-4-1-5-11-12(10)17-13(15)19(11)9-3-8-18-7-2-6-16-18/h1-2,4-7H,3,8-9H2,(H2,15,17). The summed E-state index contributed by atoms with van der Waals surface area (Å²) in [6.45, 7) is 1.48. The van der Waals surface area contributed by atoms with Crippen LogP contribution in [0, 0.1) is 5.82 Å². The van der Waals surface area contributed by atoms with Crippen molar-refractivity contribution >= 4 is 17.0 Å². The minimum atomic E-state index is -0.338. The van der Waals surface area contributed by atoms with Crippen molar-refractivity contribution in [2.75, 3.05) is 5.73 Å². The molecule has 0 unspecified atom stereocenters. The minimum absolute atomic E-state index is 0.332. The Hall–Kier alpha value is -2.37. The SMILES string of the molecule is Nc1nc2c(F)cccc2n1CCCn1cccn1. The highest BCUT2D eigenvalue weighted by Gasteiger charge is 2.10. The number of fused-ring (bicyclic) bond motifs is 1. The first kappa shape index (κ1) is 11.7. The molecule has 0 bridgehead atoms. The van der Waals surface area contributed by atoms with Crippen molar-refractivity contribution in [3.63, 3.8) is 0 Å². The topological polar surface area (TPSA) is 61.7 Å². The number of imidazole rings is 1. The average molecular weight is 259 g/mol. The summed E-state index contributed by atoms with van der Waals surface area (Å²) >= 11 is 0. The molecule has 5 nitrogen and oxygen atoms in total.